The van der Waals surface area contributed by atoms with Crippen molar-refractivity contribution < 1.29 is 14.7 Å². The van der Waals surface area contributed by atoms with E-state index in [0.717, 1.165) is 32.2 Å². The summed E-state index contributed by atoms with van der Waals surface area (Å²) in [7, 11) is 0. The third-order valence-corrected chi connectivity index (χ3v) is 2.62. The molecule has 16 heavy (non-hydrogen) atoms. The lowest BCUT2D eigenvalue weighted by molar-refractivity contribution is -0.136. The molecule has 1 saturated carbocycles. The second-order valence-corrected chi connectivity index (χ2v) is 4.15. The predicted molar refractivity (Wildman–Crippen MR) is 60.3 cm³/mol. The number of aliphatic carboxylic acids is 1. The van der Waals surface area contributed by atoms with Crippen LogP contribution in [0.2, 0.25) is 0 Å². The number of hydrogen-bond donors (Lipinski definition) is 2. The summed E-state index contributed by atoms with van der Waals surface area (Å²) >= 11 is 0. The topological polar surface area (TPSA) is 69.6 Å². The first kappa shape index (κ1) is 12.8. The number of carboxylic acid groups (broad SMARTS) is 1. The van der Waals surface area contributed by atoms with Gasteiger partial charge in [-0.15, -0.1) is 0 Å². The van der Waals surface area contributed by atoms with Gasteiger partial charge in [-0.25, -0.2) is 4.79 Å². The molecule has 1 aliphatic carbocycles. The standard InChI is InChI=1S/C11H20N2O3/c1-2-3-8-13(9-4-5-9)11(16)12-7-6-10(14)15/h9H,2-8H2,1H3,(H,12,16)(H,14,15). The zero-order valence-electron chi connectivity index (χ0n) is 9.74. The van der Waals surface area contributed by atoms with Crippen molar-refractivity contribution in [3.63, 3.8) is 0 Å². The molecule has 1 aliphatic rings. The molecule has 0 atom stereocenters. The highest BCUT2D eigenvalue weighted by Crippen LogP contribution is 2.27. The summed E-state index contributed by atoms with van der Waals surface area (Å²) in [6.45, 7) is 3.08. The third-order valence-electron chi connectivity index (χ3n) is 2.62. The van der Waals surface area contributed by atoms with Gasteiger partial charge in [-0.05, 0) is 19.3 Å². The maximum absolute atomic E-state index is 11.7. The van der Waals surface area contributed by atoms with Gasteiger partial charge >= 0.3 is 12.0 Å². The summed E-state index contributed by atoms with van der Waals surface area (Å²) in [6.07, 6.45) is 4.21. The monoisotopic (exact) mass is 228 g/mol. The number of carbonyl (C=O) groups excluding carboxylic acids is 1. The van der Waals surface area contributed by atoms with Gasteiger partial charge in [0.05, 0.1) is 6.42 Å². The number of unbranched alkanes of at least 4 members (excludes halogenated alkanes) is 1. The molecule has 0 heterocycles. The minimum absolute atomic E-state index is 0.0158. The molecule has 0 saturated heterocycles. The molecule has 1 fully saturated rings. The molecule has 0 aromatic carbocycles. The molecule has 0 unspecified atom stereocenters. The van der Waals surface area contributed by atoms with Crippen LogP contribution < -0.4 is 5.32 Å². The first-order valence-corrected chi connectivity index (χ1v) is 5.91. The summed E-state index contributed by atoms with van der Waals surface area (Å²) in [4.78, 5) is 23.9. The van der Waals surface area contributed by atoms with Gasteiger partial charge in [0, 0.05) is 19.1 Å². The molecule has 2 N–H and O–H groups in total. The van der Waals surface area contributed by atoms with Crippen molar-refractivity contribution in [2.45, 2.75) is 45.1 Å². The van der Waals surface area contributed by atoms with Crippen LogP contribution in [0.4, 0.5) is 4.79 Å². The van der Waals surface area contributed by atoms with Crippen LogP contribution >= 0.6 is 0 Å². The van der Waals surface area contributed by atoms with Crippen molar-refractivity contribution in [2.75, 3.05) is 13.1 Å². The number of amides is 2. The second kappa shape index (κ2) is 6.35. The number of carboxylic acids is 1. The second-order valence-electron chi connectivity index (χ2n) is 4.15. The molecule has 2 amide bonds. The van der Waals surface area contributed by atoms with Crippen LogP contribution in [0.15, 0.2) is 0 Å². The highest BCUT2D eigenvalue weighted by molar-refractivity contribution is 5.75. The summed E-state index contributed by atoms with van der Waals surface area (Å²) < 4.78 is 0. The fourth-order valence-corrected chi connectivity index (χ4v) is 1.54. The zero-order chi connectivity index (χ0) is 12.0. The molecule has 0 bridgehead atoms. The summed E-state index contributed by atoms with van der Waals surface area (Å²) in [5.41, 5.74) is 0. The lowest BCUT2D eigenvalue weighted by atomic mass is 10.3. The van der Waals surface area contributed by atoms with Gasteiger partial charge in [0.2, 0.25) is 0 Å². The van der Waals surface area contributed by atoms with E-state index in [1.54, 1.807) is 0 Å². The molecule has 92 valence electrons. The van der Waals surface area contributed by atoms with Crippen LogP contribution in [0.5, 0.6) is 0 Å². The van der Waals surface area contributed by atoms with Crippen molar-refractivity contribution in [1.29, 1.82) is 0 Å². The molecule has 5 nitrogen and oxygen atoms in total. The third kappa shape index (κ3) is 4.51. The van der Waals surface area contributed by atoms with Crippen molar-refractivity contribution in [1.82, 2.24) is 10.2 Å². The highest BCUT2D eigenvalue weighted by Gasteiger charge is 2.31. The van der Waals surface area contributed by atoms with Crippen LogP contribution in [-0.2, 0) is 4.79 Å². The smallest absolute Gasteiger partial charge is 0.317 e. The Morgan fingerprint density at radius 2 is 2.12 bits per heavy atom. The lowest BCUT2D eigenvalue weighted by Crippen LogP contribution is -2.42. The Bertz CT molecular complexity index is 252. The molecule has 5 heteroatoms. The Hall–Kier alpha value is -1.26. The van der Waals surface area contributed by atoms with E-state index in [0.29, 0.717) is 6.04 Å². The molecule has 0 spiro atoms. The van der Waals surface area contributed by atoms with Crippen LogP contribution in [0.3, 0.4) is 0 Å². The quantitative estimate of drug-likeness (QED) is 0.692. The van der Waals surface area contributed by atoms with E-state index < -0.39 is 5.97 Å². The van der Waals surface area contributed by atoms with Crippen LogP contribution in [-0.4, -0.2) is 41.1 Å². The fourth-order valence-electron chi connectivity index (χ4n) is 1.54. The molecule has 0 aromatic rings. The Morgan fingerprint density at radius 3 is 2.62 bits per heavy atom. The Balaban J connectivity index is 2.26. The number of nitrogens with one attached hydrogen (secondary N) is 1. The van der Waals surface area contributed by atoms with Crippen LogP contribution in [0.1, 0.15) is 39.0 Å². The molecule has 0 radical (unpaired) electrons. The van der Waals surface area contributed by atoms with E-state index in [4.69, 9.17) is 5.11 Å². The van der Waals surface area contributed by atoms with E-state index in [9.17, 15) is 9.59 Å². The number of hydrogen-bond acceptors (Lipinski definition) is 2. The Kier molecular flexibility index (Phi) is 5.08. The number of urea groups is 1. The minimum atomic E-state index is -0.883. The zero-order valence-corrected chi connectivity index (χ0v) is 9.74. The summed E-state index contributed by atoms with van der Waals surface area (Å²) in [5.74, 6) is -0.883. The summed E-state index contributed by atoms with van der Waals surface area (Å²) in [5, 5.41) is 11.1. The largest absolute Gasteiger partial charge is 0.481 e. The van der Waals surface area contributed by atoms with E-state index in [-0.39, 0.29) is 19.0 Å². The fraction of sp³-hybridized carbons (Fsp3) is 0.818. The van der Waals surface area contributed by atoms with Crippen LogP contribution in [0, 0.1) is 0 Å². The normalized spacial score (nSPS) is 14.6. The van der Waals surface area contributed by atoms with Gasteiger partial charge in [0.1, 0.15) is 0 Å². The molecule has 0 aromatic heterocycles. The Morgan fingerprint density at radius 1 is 1.44 bits per heavy atom. The van der Waals surface area contributed by atoms with Gasteiger partial charge < -0.3 is 15.3 Å². The van der Waals surface area contributed by atoms with Gasteiger partial charge in [-0.3, -0.25) is 4.79 Å². The van der Waals surface area contributed by atoms with Crippen molar-refractivity contribution in [3.8, 4) is 0 Å². The maximum atomic E-state index is 11.7. The summed E-state index contributed by atoms with van der Waals surface area (Å²) in [6, 6.07) is 0.272. The number of rotatable bonds is 7. The predicted octanol–water partition coefficient (Wildman–Crippen LogP) is 1.44. The van der Waals surface area contributed by atoms with Crippen LogP contribution in [0.25, 0.3) is 0 Å². The first-order valence-electron chi connectivity index (χ1n) is 5.91. The molecule has 1 rings (SSSR count). The van der Waals surface area contributed by atoms with E-state index in [1.165, 1.54) is 0 Å². The van der Waals surface area contributed by atoms with Gasteiger partial charge in [-0.2, -0.15) is 0 Å². The van der Waals surface area contributed by atoms with E-state index in [2.05, 4.69) is 12.2 Å². The van der Waals surface area contributed by atoms with Gasteiger partial charge in [0.25, 0.3) is 0 Å². The van der Waals surface area contributed by atoms with Gasteiger partial charge in [-0.1, -0.05) is 13.3 Å². The first-order chi connectivity index (χ1) is 7.65. The van der Waals surface area contributed by atoms with Gasteiger partial charge in [0.15, 0.2) is 0 Å². The van der Waals surface area contributed by atoms with E-state index in [1.807, 2.05) is 4.90 Å². The number of nitrogens with zero attached hydrogens (tertiary/aromatic N) is 1. The average molecular weight is 228 g/mol. The van der Waals surface area contributed by atoms with Crippen molar-refractivity contribution >= 4 is 12.0 Å². The molecule has 0 aliphatic heterocycles. The maximum Gasteiger partial charge on any atom is 0.317 e. The minimum Gasteiger partial charge on any atom is -0.481 e. The highest BCUT2D eigenvalue weighted by atomic mass is 16.4. The molecular weight excluding hydrogens is 208 g/mol. The van der Waals surface area contributed by atoms with E-state index >= 15 is 0 Å². The SMILES string of the molecule is CCCCN(C(=O)NCCC(=O)O)C1CC1. The number of carbonyl (C=O) groups is 2. The molecular formula is C11H20N2O3. The Labute approximate surface area is 95.8 Å². The average Bonchev–Trinajstić information content (AvgIpc) is 3.02. The van der Waals surface area contributed by atoms with Crippen molar-refractivity contribution in [2.24, 2.45) is 0 Å². The lowest BCUT2D eigenvalue weighted by Gasteiger charge is -2.22. The van der Waals surface area contributed by atoms with Crippen molar-refractivity contribution in [3.05, 3.63) is 0 Å².